The number of ether oxygens (including phenoxy) is 1. The Labute approximate surface area is 255 Å². The van der Waals surface area contributed by atoms with Crippen molar-refractivity contribution in [3.05, 3.63) is 94.0 Å². The van der Waals surface area contributed by atoms with Crippen molar-refractivity contribution in [1.82, 2.24) is 14.5 Å². The zero-order chi connectivity index (χ0) is 30.4. The molecule has 0 radical (unpaired) electrons. The Balaban J connectivity index is 0.000000227. The summed E-state index contributed by atoms with van der Waals surface area (Å²) in [6.45, 7) is 7.85. The van der Waals surface area contributed by atoms with Gasteiger partial charge in [0, 0.05) is 29.2 Å². The lowest BCUT2D eigenvalue weighted by Gasteiger charge is -2.29. The third-order valence-corrected chi connectivity index (χ3v) is 8.03. The van der Waals surface area contributed by atoms with E-state index < -0.39 is 11.9 Å². The molecule has 4 aromatic rings. The fraction of sp³-hybridized carbons (Fsp3) is 0.344. The number of hydrogen-bond donors (Lipinski definition) is 1. The van der Waals surface area contributed by atoms with Crippen molar-refractivity contribution in [2.75, 3.05) is 19.0 Å². The van der Waals surface area contributed by atoms with Gasteiger partial charge in [-0.25, -0.2) is 14.2 Å². The van der Waals surface area contributed by atoms with Crippen molar-refractivity contribution in [3.63, 3.8) is 0 Å². The summed E-state index contributed by atoms with van der Waals surface area (Å²) in [5, 5.41) is 3.58. The van der Waals surface area contributed by atoms with E-state index in [9.17, 15) is 14.0 Å². The smallest absolute Gasteiger partial charge is 0.337 e. The Morgan fingerprint density at radius 3 is 2.55 bits per heavy atom. The summed E-state index contributed by atoms with van der Waals surface area (Å²) in [4.78, 5) is 30.8. The normalized spacial score (nSPS) is 18.4. The molecule has 1 aliphatic rings. The van der Waals surface area contributed by atoms with Crippen LogP contribution in [0.2, 0.25) is 10.0 Å². The van der Waals surface area contributed by atoms with Gasteiger partial charge in [0.2, 0.25) is 5.91 Å². The Morgan fingerprint density at radius 2 is 1.86 bits per heavy atom. The van der Waals surface area contributed by atoms with Crippen LogP contribution >= 0.6 is 23.2 Å². The molecule has 10 heteroatoms. The van der Waals surface area contributed by atoms with Crippen LogP contribution in [0.15, 0.2) is 67.0 Å². The minimum Gasteiger partial charge on any atom is -0.465 e. The number of likely N-dealkylation sites (tertiary alicyclic amines) is 1. The van der Waals surface area contributed by atoms with E-state index in [2.05, 4.69) is 40.7 Å². The molecule has 3 aromatic carbocycles. The number of nitrogens with zero attached hydrogens (tertiary/aromatic N) is 3. The molecule has 1 amide bonds. The first-order valence-corrected chi connectivity index (χ1v) is 14.7. The number of amides is 1. The second-order valence-corrected chi connectivity index (χ2v) is 11.1. The van der Waals surface area contributed by atoms with E-state index >= 15 is 0 Å². The highest BCUT2D eigenvalue weighted by Crippen LogP contribution is 2.40. The lowest BCUT2D eigenvalue weighted by Crippen LogP contribution is -2.45. The zero-order valence-corrected chi connectivity index (χ0v) is 25.6. The highest BCUT2D eigenvalue weighted by molar-refractivity contribution is 6.31. The van der Waals surface area contributed by atoms with E-state index in [1.54, 1.807) is 54.9 Å². The summed E-state index contributed by atoms with van der Waals surface area (Å²) in [5.41, 5.74) is 3.52. The molecule has 0 spiro atoms. The van der Waals surface area contributed by atoms with E-state index in [1.165, 1.54) is 13.2 Å². The number of aromatic nitrogens is 2. The Hall–Kier alpha value is -3.46. The largest absolute Gasteiger partial charge is 0.465 e. The molecular formula is C32H35Cl2FN4O3. The average Bonchev–Trinajstić information content (AvgIpc) is 3.54. The van der Waals surface area contributed by atoms with Gasteiger partial charge in [0.25, 0.3) is 0 Å². The summed E-state index contributed by atoms with van der Waals surface area (Å²) in [6.07, 6.45) is 3.38. The molecule has 1 saturated heterocycles. The summed E-state index contributed by atoms with van der Waals surface area (Å²) >= 11 is 12.0. The first kappa shape index (κ1) is 31.5. The van der Waals surface area contributed by atoms with Crippen molar-refractivity contribution in [3.8, 4) is 0 Å². The van der Waals surface area contributed by atoms with Gasteiger partial charge in [0.05, 0.1) is 41.1 Å². The molecule has 0 aliphatic carbocycles. The van der Waals surface area contributed by atoms with Crippen molar-refractivity contribution < 1.29 is 18.7 Å². The van der Waals surface area contributed by atoms with Gasteiger partial charge in [-0.3, -0.25) is 9.69 Å². The monoisotopic (exact) mass is 612 g/mol. The van der Waals surface area contributed by atoms with E-state index in [0.717, 1.165) is 30.5 Å². The maximum atomic E-state index is 14.7. The summed E-state index contributed by atoms with van der Waals surface area (Å²) in [5.74, 6) is -1.18. The predicted molar refractivity (Wildman–Crippen MR) is 166 cm³/mol. The van der Waals surface area contributed by atoms with E-state index in [1.807, 2.05) is 10.6 Å². The van der Waals surface area contributed by atoms with Gasteiger partial charge >= 0.3 is 5.97 Å². The van der Waals surface area contributed by atoms with Gasteiger partial charge in [-0.05, 0) is 81.3 Å². The number of imidazole rings is 1. The third-order valence-electron chi connectivity index (χ3n) is 7.51. The van der Waals surface area contributed by atoms with Crippen molar-refractivity contribution in [1.29, 1.82) is 0 Å². The number of nitrogens with one attached hydrogen (secondary N) is 1. The molecule has 1 aromatic heterocycles. The fourth-order valence-electron chi connectivity index (χ4n) is 5.54. The van der Waals surface area contributed by atoms with E-state index in [-0.39, 0.29) is 28.9 Å². The van der Waals surface area contributed by atoms with Gasteiger partial charge in [0.1, 0.15) is 5.82 Å². The van der Waals surface area contributed by atoms with E-state index in [4.69, 9.17) is 23.2 Å². The molecule has 0 saturated carbocycles. The second-order valence-electron chi connectivity index (χ2n) is 10.2. The molecule has 0 bridgehead atoms. The Morgan fingerprint density at radius 1 is 1.10 bits per heavy atom. The molecule has 3 atom stereocenters. The number of fused-ring (bicyclic) bond motifs is 1. The zero-order valence-electron chi connectivity index (χ0n) is 24.1. The van der Waals surface area contributed by atoms with Crippen LogP contribution in [0.4, 0.5) is 10.1 Å². The number of benzene rings is 3. The molecule has 5 rings (SSSR count). The number of anilines is 1. The highest BCUT2D eigenvalue weighted by Gasteiger charge is 2.44. The molecule has 1 N–H and O–H groups in total. The lowest BCUT2D eigenvalue weighted by molar-refractivity contribution is -0.121. The van der Waals surface area contributed by atoms with Crippen LogP contribution in [0.25, 0.3) is 11.0 Å². The summed E-state index contributed by atoms with van der Waals surface area (Å²) in [6, 6.07) is 17.1. The quantitative estimate of drug-likeness (QED) is 0.218. The van der Waals surface area contributed by atoms with Crippen LogP contribution in [0.5, 0.6) is 0 Å². The number of aryl methyl sites for hydroxylation is 1. The Kier molecular flexibility index (Phi) is 10.6. The minimum absolute atomic E-state index is 0.0862. The highest BCUT2D eigenvalue weighted by atomic mass is 35.5. The number of hydrogen-bond acceptors (Lipinski definition) is 5. The first-order valence-electron chi connectivity index (χ1n) is 14.0. The maximum Gasteiger partial charge on any atom is 0.337 e. The van der Waals surface area contributed by atoms with Crippen LogP contribution in [0.1, 0.15) is 55.5 Å². The first-order chi connectivity index (χ1) is 20.2. The molecular weight excluding hydrogens is 578 g/mol. The number of methoxy groups -OCH3 is 1. The van der Waals surface area contributed by atoms with Crippen LogP contribution in [-0.2, 0) is 16.1 Å². The summed E-state index contributed by atoms with van der Waals surface area (Å²) < 4.78 is 21.4. The van der Waals surface area contributed by atoms with Crippen molar-refractivity contribution >= 4 is 51.8 Å². The van der Waals surface area contributed by atoms with Crippen LogP contribution in [-0.4, -0.2) is 52.1 Å². The van der Waals surface area contributed by atoms with Gasteiger partial charge in [-0.2, -0.15) is 0 Å². The van der Waals surface area contributed by atoms with Crippen molar-refractivity contribution in [2.24, 2.45) is 0 Å². The third kappa shape index (κ3) is 6.94. The number of halogens is 3. The van der Waals surface area contributed by atoms with Gasteiger partial charge in [-0.1, -0.05) is 48.3 Å². The molecule has 222 valence electrons. The standard InChI is InChI=1S/C21H23Cl2FN2O.C11H12N2O2/c1-3-10-26-13(2)11-17(16-8-5-9-18(23)19(16)24)20(26)21(27)25-15-7-4-6-14(22)12-15;1-3-13-7-12-9-6-8(11(14)15-2)4-5-10(9)13/h4-9,12-13,17,20H,3,10-11H2,1-2H3,(H,25,27);4-7H,3H2,1-2H3/t13-,17?,20?;/m0./s1. The number of esters is 1. The molecule has 2 heterocycles. The molecule has 42 heavy (non-hydrogen) atoms. The maximum absolute atomic E-state index is 14.7. The fourth-order valence-corrected chi connectivity index (χ4v) is 5.91. The molecule has 1 fully saturated rings. The number of carbonyl (C=O) groups excluding carboxylic acids is 2. The summed E-state index contributed by atoms with van der Waals surface area (Å²) in [7, 11) is 1.37. The second kappa shape index (κ2) is 14.1. The molecule has 1 aliphatic heterocycles. The van der Waals surface area contributed by atoms with Crippen molar-refractivity contribution in [2.45, 2.75) is 58.2 Å². The molecule has 7 nitrogen and oxygen atoms in total. The predicted octanol–water partition coefficient (Wildman–Crippen LogP) is 7.57. The topological polar surface area (TPSA) is 76.5 Å². The van der Waals surface area contributed by atoms with Gasteiger partial charge < -0.3 is 14.6 Å². The number of rotatable bonds is 7. The van der Waals surface area contributed by atoms with E-state index in [0.29, 0.717) is 28.3 Å². The lowest BCUT2D eigenvalue weighted by atomic mass is 9.89. The van der Waals surface area contributed by atoms with Crippen LogP contribution < -0.4 is 5.32 Å². The minimum atomic E-state index is -0.466. The SMILES string of the molecule is CCCN1C(C(=O)Nc2cccc(Cl)c2)C(c2cccc(Cl)c2F)C[C@@H]1C.CCn1cnc2cc(C(=O)OC)ccc21. The van der Waals surface area contributed by atoms with Crippen LogP contribution in [0, 0.1) is 5.82 Å². The average molecular weight is 614 g/mol. The van der Waals surface area contributed by atoms with Gasteiger partial charge in [0.15, 0.2) is 0 Å². The van der Waals surface area contributed by atoms with Crippen LogP contribution in [0.3, 0.4) is 0 Å². The Bertz CT molecular complexity index is 1560. The number of carbonyl (C=O) groups is 2. The van der Waals surface area contributed by atoms with Gasteiger partial charge in [-0.15, -0.1) is 0 Å². The molecule has 2 unspecified atom stereocenters.